The lowest BCUT2D eigenvalue weighted by Crippen LogP contribution is -2.18. The van der Waals surface area contributed by atoms with E-state index >= 15 is 4.39 Å². The van der Waals surface area contributed by atoms with Crippen LogP contribution in [0.3, 0.4) is 0 Å². The summed E-state index contributed by atoms with van der Waals surface area (Å²) in [6, 6.07) is 8.10. The first-order chi connectivity index (χ1) is 21.2. The van der Waals surface area contributed by atoms with E-state index in [0.717, 1.165) is 31.5 Å². The number of hydrogen-bond acceptors (Lipinski definition) is 8. The van der Waals surface area contributed by atoms with Crippen molar-refractivity contribution < 1.29 is 17.2 Å². The molecule has 1 saturated heterocycles. The Morgan fingerprint density at radius 3 is 2.57 bits per heavy atom. The number of nitrogens with zero attached hydrogens (tertiary/aromatic N) is 6. The molecule has 224 valence electrons. The Balaban J connectivity index is 1.27. The number of aromatic amines is 2. The fourth-order valence-corrected chi connectivity index (χ4v) is 6.37. The second-order valence-electron chi connectivity index (χ2n) is 11.2. The van der Waals surface area contributed by atoms with Gasteiger partial charge in [-0.3, -0.25) is 15.0 Å². The molecule has 6 aromatic rings. The lowest BCUT2D eigenvalue weighted by Gasteiger charge is -2.15. The van der Waals surface area contributed by atoms with E-state index in [-0.39, 0.29) is 29.0 Å². The minimum atomic E-state index is -3.22. The van der Waals surface area contributed by atoms with E-state index < -0.39 is 21.5 Å². The molecule has 0 radical (unpaired) electrons. The van der Waals surface area contributed by atoms with Crippen LogP contribution < -0.4 is 0 Å². The number of likely N-dealkylation sites (tertiary alicyclic amines) is 1. The average molecular weight is 615 g/mol. The number of aromatic nitrogens is 7. The van der Waals surface area contributed by atoms with Gasteiger partial charge in [-0.2, -0.15) is 5.10 Å². The van der Waals surface area contributed by atoms with E-state index in [0.29, 0.717) is 44.7 Å². The second kappa shape index (κ2) is 11.1. The van der Waals surface area contributed by atoms with Crippen molar-refractivity contribution in [1.82, 2.24) is 40.0 Å². The van der Waals surface area contributed by atoms with E-state index in [1.807, 2.05) is 6.07 Å². The molecule has 1 aromatic carbocycles. The number of halogens is 2. The van der Waals surface area contributed by atoms with Gasteiger partial charge in [0.1, 0.15) is 27.2 Å². The maximum absolute atomic E-state index is 16.2. The van der Waals surface area contributed by atoms with Crippen LogP contribution in [0.15, 0.2) is 55.1 Å². The number of hydrogen-bond donors (Lipinski definition) is 2. The van der Waals surface area contributed by atoms with Crippen LogP contribution in [0.5, 0.6) is 0 Å². The number of sulfone groups is 1. The van der Waals surface area contributed by atoms with E-state index in [1.165, 1.54) is 31.2 Å². The number of rotatable bonds is 8. The van der Waals surface area contributed by atoms with Gasteiger partial charge in [-0.1, -0.05) is 6.07 Å². The minimum Gasteiger partial charge on any atom is -0.335 e. The van der Waals surface area contributed by atoms with Gasteiger partial charge in [0.15, 0.2) is 17.1 Å². The minimum absolute atomic E-state index is 0.0941. The van der Waals surface area contributed by atoms with Crippen molar-refractivity contribution in [3.05, 3.63) is 77.9 Å². The predicted molar refractivity (Wildman–Crippen MR) is 163 cm³/mol. The molecule has 7 rings (SSSR count). The highest BCUT2D eigenvalue weighted by Gasteiger charge is 2.22. The maximum Gasteiger partial charge on any atom is 0.184 e. The number of pyridine rings is 3. The SMILES string of the molecule is CS(=O)(=O)CCc1cc(F)cc(-c2ccnc3nc(-c4[nH]nc5ncc(-c6cncc(CN7CCCC7)c6)c(F)c45)[nH]c23)c1. The quantitative estimate of drug-likeness (QED) is 0.242. The summed E-state index contributed by atoms with van der Waals surface area (Å²) in [6.07, 6.45) is 10.1. The molecule has 5 aromatic heterocycles. The first-order valence-corrected chi connectivity index (χ1v) is 16.3. The highest BCUT2D eigenvalue weighted by atomic mass is 32.2. The predicted octanol–water partition coefficient (Wildman–Crippen LogP) is 5.09. The molecule has 13 heteroatoms. The summed E-state index contributed by atoms with van der Waals surface area (Å²) in [7, 11) is -3.22. The maximum atomic E-state index is 16.2. The second-order valence-corrected chi connectivity index (χ2v) is 13.5. The number of H-pyrrole nitrogens is 2. The van der Waals surface area contributed by atoms with E-state index in [9.17, 15) is 12.8 Å². The molecule has 0 aliphatic carbocycles. The van der Waals surface area contributed by atoms with Gasteiger partial charge in [0.2, 0.25) is 0 Å². The van der Waals surface area contributed by atoms with Crippen molar-refractivity contribution in [2.75, 3.05) is 25.1 Å². The number of benzene rings is 1. The third-order valence-electron chi connectivity index (χ3n) is 7.89. The van der Waals surface area contributed by atoms with Crippen LogP contribution in [-0.4, -0.2) is 73.5 Å². The van der Waals surface area contributed by atoms with Gasteiger partial charge in [-0.15, -0.1) is 0 Å². The van der Waals surface area contributed by atoms with Crippen molar-refractivity contribution in [2.24, 2.45) is 0 Å². The van der Waals surface area contributed by atoms with Crippen molar-refractivity contribution in [2.45, 2.75) is 25.8 Å². The molecular weight excluding hydrogens is 586 g/mol. The fourth-order valence-electron chi connectivity index (χ4n) is 5.77. The Kier molecular flexibility index (Phi) is 7.13. The molecule has 2 N–H and O–H groups in total. The molecule has 1 fully saturated rings. The van der Waals surface area contributed by atoms with Gasteiger partial charge < -0.3 is 4.98 Å². The van der Waals surface area contributed by atoms with E-state index in [2.05, 4.69) is 40.0 Å². The third kappa shape index (κ3) is 5.55. The topological polar surface area (TPSA) is 133 Å². The Labute approximate surface area is 251 Å². The number of aryl methyl sites for hydroxylation is 1. The smallest absolute Gasteiger partial charge is 0.184 e. The summed E-state index contributed by atoms with van der Waals surface area (Å²) in [5, 5.41) is 7.25. The Morgan fingerprint density at radius 1 is 0.932 bits per heavy atom. The summed E-state index contributed by atoms with van der Waals surface area (Å²) in [5.74, 6) is -0.804. The molecule has 1 aliphatic heterocycles. The van der Waals surface area contributed by atoms with Crippen molar-refractivity contribution in [1.29, 1.82) is 0 Å². The Bertz CT molecular complexity index is 2140. The highest BCUT2D eigenvalue weighted by Crippen LogP contribution is 2.34. The first-order valence-electron chi connectivity index (χ1n) is 14.2. The van der Waals surface area contributed by atoms with Crippen LogP contribution in [-0.2, 0) is 22.8 Å². The van der Waals surface area contributed by atoms with E-state index in [4.69, 9.17) is 0 Å². The molecule has 44 heavy (non-hydrogen) atoms. The summed E-state index contributed by atoms with van der Waals surface area (Å²) in [6.45, 7) is 2.85. The zero-order valence-electron chi connectivity index (χ0n) is 23.8. The van der Waals surface area contributed by atoms with Crippen LogP contribution in [0.25, 0.3) is 56.0 Å². The molecule has 0 atom stereocenters. The standard InChI is InChI=1S/C31H28F2N8O2S/c1-44(42,43)9-5-18-10-20(13-22(32)12-18)23-4-6-35-30-27(23)37-31(38-30)28-25-26(33)24(16-36-29(25)40-39-28)21-11-19(14-34-15-21)17-41-7-2-3-8-41/h4,6,10-16H,2-3,5,7-9,17H2,1H3,(H,35,37,38)(H,36,39,40). The molecule has 0 saturated carbocycles. The van der Waals surface area contributed by atoms with Crippen molar-refractivity contribution in [3.8, 4) is 33.8 Å². The average Bonchev–Trinajstić information content (AvgIpc) is 3.75. The molecule has 1 aliphatic rings. The van der Waals surface area contributed by atoms with Crippen LogP contribution in [0.2, 0.25) is 0 Å². The summed E-state index contributed by atoms with van der Waals surface area (Å²) in [4.78, 5) is 23.3. The fraction of sp³-hybridized carbons (Fsp3) is 0.258. The lowest BCUT2D eigenvalue weighted by molar-refractivity contribution is 0.331. The Morgan fingerprint density at radius 2 is 1.75 bits per heavy atom. The summed E-state index contributed by atoms with van der Waals surface area (Å²) >= 11 is 0. The summed E-state index contributed by atoms with van der Waals surface area (Å²) in [5.41, 5.74) is 4.94. The van der Waals surface area contributed by atoms with Gasteiger partial charge in [0.05, 0.1) is 16.7 Å². The van der Waals surface area contributed by atoms with Gasteiger partial charge in [0.25, 0.3) is 0 Å². The van der Waals surface area contributed by atoms with Gasteiger partial charge >= 0.3 is 0 Å². The van der Waals surface area contributed by atoms with Crippen LogP contribution in [0.4, 0.5) is 8.78 Å². The molecule has 10 nitrogen and oxygen atoms in total. The molecular formula is C31H28F2N8O2S. The normalized spacial score (nSPS) is 14.2. The number of imidazole rings is 1. The van der Waals surface area contributed by atoms with Gasteiger partial charge in [-0.25, -0.2) is 32.2 Å². The monoisotopic (exact) mass is 614 g/mol. The van der Waals surface area contributed by atoms with Crippen LogP contribution in [0, 0.1) is 11.6 Å². The van der Waals surface area contributed by atoms with Crippen molar-refractivity contribution in [3.63, 3.8) is 0 Å². The van der Waals surface area contributed by atoms with Gasteiger partial charge in [-0.05, 0) is 73.3 Å². The lowest BCUT2D eigenvalue weighted by atomic mass is 10.0. The molecule has 0 unspecified atom stereocenters. The molecule has 0 bridgehead atoms. The van der Waals surface area contributed by atoms with Crippen molar-refractivity contribution >= 4 is 32.0 Å². The third-order valence-corrected chi connectivity index (χ3v) is 8.83. The molecule has 6 heterocycles. The molecule has 0 amide bonds. The zero-order chi connectivity index (χ0) is 30.4. The number of nitrogens with one attached hydrogen (secondary N) is 2. The first kappa shape index (κ1) is 28.2. The Hall–Kier alpha value is -4.62. The summed E-state index contributed by atoms with van der Waals surface area (Å²) < 4.78 is 54.2. The number of fused-ring (bicyclic) bond motifs is 2. The van der Waals surface area contributed by atoms with Crippen LogP contribution in [0.1, 0.15) is 24.0 Å². The molecule has 0 spiro atoms. The largest absolute Gasteiger partial charge is 0.335 e. The van der Waals surface area contributed by atoms with Crippen LogP contribution >= 0.6 is 0 Å². The van der Waals surface area contributed by atoms with E-state index in [1.54, 1.807) is 30.7 Å². The highest BCUT2D eigenvalue weighted by molar-refractivity contribution is 7.90. The zero-order valence-corrected chi connectivity index (χ0v) is 24.6. The van der Waals surface area contributed by atoms with Gasteiger partial charge in [0, 0.05) is 54.3 Å².